The molecular formula is C16H31N3O4. The monoisotopic (exact) mass is 329 g/mol. The molecule has 0 saturated carbocycles. The Kier molecular flexibility index (Phi) is 8.51. The van der Waals surface area contributed by atoms with Crippen molar-refractivity contribution < 1.29 is 19.8 Å². The fourth-order valence-corrected chi connectivity index (χ4v) is 3.22. The SMILES string of the molecule is CCN1CCN(CC(=O)O)CCN(CC(=O)O)CC1CC(C)C. The third-order valence-electron chi connectivity index (χ3n) is 4.29. The molecule has 0 aromatic carbocycles. The Balaban J connectivity index is 2.87. The van der Waals surface area contributed by atoms with Crippen LogP contribution in [0.15, 0.2) is 0 Å². The van der Waals surface area contributed by atoms with Gasteiger partial charge in [-0.15, -0.1) is 0 Å². The predicted octanol–water partition coefficient (Wildman–Crippen LogP) is 0.510. The topological polar surface area (TPSA) is 84.3 Å². The molecule has 1 fully saturated rings. The minimum atomic E-state index is -0.837. The van der Waals surface area contributed by atoms with Crippen LogP contribution in [0.4, 0.5) is 0 Å². The molecule has 0 aromatic rings. The van der Waals surface area contributed by atoms with E-state index in [0.717, 1.165) is 26.1 Å². The molecule has 0 amide bonds. The predicted molar refractivity (Wildman–Crippen MR) is 88.6 cm³/mol. The summed E-state index contributed by atoms with van der Waals surface area (Å²) in [7, 11) is 0. The zero-order chi connectivity index (χ0) is 17.4. The van der Waals surface area contributed by atoms with Crippen LogP contribution in [0.25, 0.3) is 0 Å². The summed E-state index contributed by atoms with van der Waals surface area (Å²) in [6, 6.07) is 0.309. The number of carboxylic acids is 2. The second-order valence-corrected chi connectivity index (χ2v) is 6.71. The Bertz CT molecular complexity index is 390. The molecule has 0 aromatic heterocycles. The van der Waals surface area contributed by atoms with Crippen molar-refractivity contribution in [2.75, 3.05) is 52.4 Å². The summed E-state index contributed by atoms with van der Waals surface area (Å²) in [5.41, 5.74) is 0. The molecule has 7 heteroatoms. The molecule has 1 unspecified atom stereocenters. The maximum atomic E-state index is 11.1. The van der Waals surface area contributed by atoms with E-state index in [1.165, 1.54) is 0 Å². The van der Waals surface area contributed by atoms with E-state index < -0.39 is 11.9 Å². The number of hydrogen-bond donors (Lipinski definition) is 2. The van der Waals surface area contributed by atoms with Crippen LogP contribution in [0.3, 0.4) is 0 Å². The molecule has 2 N–H and O–H groups in total. The molecule has 1 rings (SSSR count). The summed E-state index contributed by atoms with van der Waals surface area (Å²) in [5, 5.41) is 18.2. The number of carbonyl (C=O) groups is 2. The lowest BCUT2D eigenvalue weighted by Crippen LogP contribution is -2.46. The van der Waals surface area contributed by atoms with Gasteiger partial charge in [-0.05, 0) is 18.9 Å². The van der Waals surface area contributed by atoms with Gasteiger partial charge >= 0.3 is 11.9 Å². The summed E-state index contributed by atoms with van der Waals surface area (Å²) in [6.45, 7) is 10.8. The number of aliphatic carboxylic acids is 2. The van der Waals surface area contributed by atoms with Crippen LogP contribution in [0.2, 0.25) is 0 Å². The maximum absolute atomic E-state index is 11.1. The van der Waals surface area contributed by atoms with Gasteiger partial charge in [0.05, 0.1) is 13.1 Å². The van der Waals surface area contributed by atoms with E-state index in [2.05, 4.69) is 25.7 Å². The van der Waals surface area contributed by atoms with Gasteiger partial charge in [0.2, 0.25) is 0 Å². The van der Waals surface area contributed by atoms with Crippen molar-refractivity contribution in [3.8, 4) is 0 Å². The van der Waals surface area contributed by atoms with Crippen molar-refractivity contribution in [2.45, 2.75) is 33.2 Å². The van der Waals surface area contributed by atoms with Gasteiger partial charge in [-0.25, -0.2) is 0 Å². The zero-order valence-electron chi connectivity index (χ0n) is 14.6. The third kappa shape index (κ3) is 7.76. The molecule has 1 aliphatic rings. The van der Waals surface area contributed by atoms with E-state index in [0.29, 0.717) is 31.6 Å². The summed E-state index contributed by atoms with van der Waals surface area (Å²) in [5.74, 6) is -1.13. The van der Waals surface area contributed by atoms with Crippen molar-refractivity contribution in [2.24, 2.45) is 5.92 Å². The largest absolute Gasteiger partial charge is 0.480 e. The number of carboxylic acid groups (broad SMARTS) is 2. The molecule has 0 spiro atoms. The van der Waals surface area contributed by atoms with Crippen molar-refractivity contribution in [1.29, 1.82) is 0 Å². The molecule has 7 nitrogen and oxygen atoms in total. The van der Waals surface area contributed by atoms with Gasteiger partial charge < -0.3 is 10.2 Å². The molecule has 23 heavy (non-hydrogen) atoms. The molecule has 1 atom stereocenters. The second-order valence-electron chi connectivity index (χ2n) is 6.71. The van der Waals surface area contributed by atoms with Crippen LogP contribution < -0.4 is 0 Å². The first-order valence-corrected chi connectivity index (χ1v) is 8.44. The average Bonchev–Trinajstić information content (AvgIpc) is 2.48. The quantitative estimate of drug-likeness (QED) is 0.704. The number of nitrogens with zero attached hydrogens (tertiary/aromatic N) is 3. The molecule has 0 radical (unpaired) electrons. The number of hydrogen-bond acceptors (Lipinski definition) is 5. The highest BCUT2D eigenvalue weighted by molar-refractivity contribution is 5.69. The summed E-state index contributed by atoms with van der Waals surface area (Å²) >= 11 is 0. The van der Waals surface area contributed by atoms with Gasteiger partial charge in [0, 0.05) is 38.8 Å². The average molecular weight is 329 g/mol. The first kappa shape index (κ1) is 19.9. The minimum absolute atomic E-state index is 0.00700. The molecule has 0 aliphatic carbocycles. The Morgan fingerprint density at radius 1 is 1.00 bits per heavy atom. The highest BCUT2D eigenvalue weighted by atomic mass is 16.4. The van der Waals surface area contributed by atoms with E-state index >= 15 is 0 Å². The van der Waals surface area contributed by atoms with E-state index in [1.54, 1.807) is 0 Å². The lowest BCUT2D eigenvalue weighted by molar-refractivity contribution is -0.140. The van der Waals surface area contributed by atoms with Crippen molar-refractivity contribution >= 4 is 11.9 Å². The molecule has 1 aliphatic heterocycles. The Morgan fingerprint density at radius 2 is 1.52 bits per heavy atom. The van der Waals surface area contributed by atoms with Crippen LogP contribution in [0.1, 0.15) is 27.2 Å². The van der Waals surface area contributed by atoms with Gasteiger partial charge in [0.25, 0.3) is 0 Å². The Hall–Kier alpha value is -1.18. The lowest BCUT2D eigenvalue weighted by Gasteiger charge is -2.34. The van der Waals surface area contributed by atoms with Crippen LogP contribution in [-0.2, 0) is 9.59 Å². The molecule has 1 saturated heterocycles. The number of likely N-dealkylation sites (N-methyl/N-ethyl adjacent to an activating group) is 1. The second kappa shape index (κ2) is 9.85. The van der Waals surface area contributed by atoms with E-state index in [4.69, 9.17) is 10.2 Å². The van der Waals surface area contributed by atoms with Gasteiger partial charge in [0.15, 0.2) is 0 Å². The third-order valence-corrected chi connectivity index (χ3v) is 4.29. The standard InChI is InChI=1S/C16H31N3O4/c1-4-19-8-7-17(11-15(20)21)5-6-18(12-16(22)23)10-14(19)9-13(2)3/h13-14H,4-12H2,1-3H3,(H,20,21)(H,22,23). The highest BCUT2D eigenvalue weighted by Crippen LogP contribution is 2.15. The van der Waals surface area contributed by atoms with Gasteiger partial charge in [-0.3, -0.25) is 24.3 Å². The van der Waals surface area contributed by atoms with Crippen molar-refractivity contribution in [1.82, 2.24) is 14.7 Å². The summed E-state index contributed by atoms with van der Waals surface area (Å²) in [4.78, 5) is 28.3. The van der Waals surface area contributed by atoms with Gasteiger partial charge in [-0.1, -0.05) is 20.8 Å². The van der Waals surface area contributed by atoms with E-state index in [9.17, 15) is 9.59 Å². The highest BCUT2D eigenvalue weighted by Gasteiger charge is 2.25. The van der Waals surface area contributed by atoms with Crippen LogP contribution in [0.5, 0.6) is 0 Å². The first-order chi connectivity index (χ1) is 10.8. The van der Waals surface area contributed by atoms with E-state index in [1.807, 2.05) is 9.80 Å². The Morgan fingerprint density at radius 3 is 2.04 bits per heavy atom. The normalized spacial score (nSPS) is 22.5. The zero-order valence-corrected chi connectivity index (χ0v) is 14.6. The van der Waals surface area contributed by atoms with Crippen molar-refractivity contribution in [3.05, 3.63) is 0 Å². The first-order valence-electron chi connectivity index (χ1n) is 8.44. The fourth-order valence-electron chi connectivity index (χ4n) is 3.22. The van der Waals surface area contributed by atoms with Crippen LogP contribution in [-0.4, -0.2) is 95.3 Å². The summed E-state index contributed by atoms with van der Waals surface area (Å²) in [6.07, 6.45) is 1.02. The van der Waals surface area contributed by atoms with Crippen LogP contribution in [0, 0.1) is 5.92 Å². The van der Waals surface area contributed by atoms with Crippen molar-refractivity contribution in [3.63, 3.8) is 0 Å². The van der Waals surface area contributed by atoms with Gasteiger partial charge in [-0.2, -0.15) is 0 Å². The van der Waals surface area contributed by atoms with E-state index in [-0.39, 0.29) is 13.1 Å². The summed E-state index contributed by atoms with van der Waals surface area (Å²) < 4.78 is 0. The fraction of sp³-hybridized carbons (Fsp3) is 0.875. The maximum Gasteiger partial charge on any atom is 0.317 e. The molecule has 0 bridgehead atoms. The Labute approximate surface area is 138 Å². The van der Waals surface area contributed by atoms with Gasteiger partial charge in [0.1, 0.15) is 0 Å². The lowest BCUT2D eigenvalue weighted by atomic mass is 10.0. The molecule has 1 heterocycles. The number of rotatable bonds is 7. The molecular weight excluding hydrogens is 298 g/mol. The van der Waals surface area contributed by atoms with Crippen LogP contribution >= 0.6 is 0 Å². The smallest absolute Gasteiger partial charge is 0.317 e. The minimum Gasteiger partial charge on any atom is -0.480 e. The molecule has 134 valence electrons.